The molecule has 162 valence electrons. The van der Waals surface area contributed by atoms with Crippen LogP contribution >= 0.6 is 11.3 Å². The van der Waals surface area contributed by atoms with Crippen molar-refractivity contribution in [3.8, 4) is 0 Å². The highest BCUT2D eigenvalue weighted by atomic mass is 32.1. The van der Waals surface area contributed by atoms with Crippen molar-refractivity contribution in [3.05, 3.63) is 39.3 Å². The van der Waals surface area contributed by atoms with Gasteiger partial charge in [-0.2, -0.15) is 4.91 Å². The highest BCUT2D eigenvalue weighted by molar-refractivity contribution is 7.09. The highest BCUT2D eigenvalue weighted by Crippen LogP contribution is 2.35. The third-order valence-electron chi connectivity index (χ3n) is 5.09. The molecule has 2 aromatic heterocycles. The van der Waals surface area contributed by atoms with E-state index >= 15 is 0 Å². The van der Waals surface area contributed by atoms with Crippen molar-refractivity contribution in [1.29, 1.82) is 0 Å². The van der Waals surface area contributed by atoms with Crippen LogP contribution in [-0.2, 0) is 4.74 Å². The largest absolute Gasteiger partial charge is 0.477 e. The van der Waals surface area contributed by atoms with Gasteiger partial charge in [-0.05, 0) is 45.5 Å². The Kier molecular flexibility index (Phi) is 7.69. The fourth-order valence-corrected chi connectivity index (χ4v) is 4.43. The molecule has 0 N–H and O–H groups in total. The van der Waals surface area contributed by atoms with Crippen LogP contribution in [0.4, 0.5) is 8.78 Å². The second-order valence-corrected chi connectivity index (χ2v) is 7.80. The summed E-state index contributed by atoms with van der Waals surface area (Å²) in [5, 5.41) is 10.8. The van der Waals surface area contributed by atoms with Crippen molar-refractivity contribution < 1.29 is 13.5 Å². The van der Waals surface area contributed by atoms with Crippen LogP contribution in [0.15, 0.2) is 28.2 Å². The maximum Gasteiger partial charge on any atom is 0.281 e. The van der Waals surface area contributed by atoms with Gasteiger partial charge < -0.3 is 4.74 Å². The Morgan fingerprint density at radius 2 is 2.23 bits per heavy atom. The average Bonchev–Trinajstić information content (AvgIpc) is 3.39. The van der Waals surface area contributed by atoms with Crippen molar-refractivity contribution in [2.45, 2.75) is 32.2 Å². The van der Waals surface area contributed by atoms with Gasteiger partial charge in [0.1, 0.15) is 24.4 Å². The number of nitroso groups, excluding NO2 is 1. The number of likely N-dealkylation sites (tertiary alicyclic amines) is 1. The number of thiazole rings is 1. The normalized spacial score (nSPS) is 17.3. The van der Waals surface area contributed by atoms with Gasteiger partial charge in [0.25, 0.3) is 6.43 Å². The molecule has 0 saturated carbocycles. The van der Waals surface area contributed by atoms with Crippen LogP contribution in [-0.4, -0.2) is 57.6 Å². The van der Waals surface area contributed by atoms with Crippen LogP contribution < -0.4 is 0 Å². The summed E-state index contributed by atoms with van der Waals surface area (Å²) < 4.78 is 34.1. The fourth-order valence-electron chi connectivity index (χ4n) is 3.50. The molecule has 0 bridgehead atoms. The summed E-state index contributed by atoms with van der Waals surface area (Å²) in [6, 6.07) is -0.471. The summed E-state index contributed by atoms with van der Waals surface area (Å²) >= 11 is 1.15. The lowest BCUT2D eigenvalue weighted by molar-refractivity contribution is 0.0955. The topological polar surface area (TPSA) is 97.9 Å². The monoisotopic (exact) mass is 439 g/mol. The van der Waals surface area contributed by atoms with Crippen LogP contribution in [0.5, 0.6) is 0 Å². The number of rotatable bonds is 10. The lowest BCUT2D eigenvalue weighted by Gasteiger charge is -2.36. The van der Waals surface area contributed by atoms with Gasteiger partial charge in [0.2, 0.25) is 5.88 Å². The number of halogens is 2. The molecule has 1 saturated heterocycles. The first-order valence-electron chi connectivity index (χ1n) is 9.45. The third-order valence-corrected chi connectivity index (χ3v) is 6.04. The zero-order valence-electron chi connectivity index (χ0n) is 16.5. The summed E-state index contributed by atoms with van der Waals surface area (Å²) in [6.07, 6.45) is 1.98. The Labute approximate surface area is 176 Å². The summed E-state index contributed by atoms with van der Waals surface area (Å²) in [6.45, 7) is 6.96. The summed E-state index contributed by atoms with van der Waals surface area (Å²) in [7, 11) is 0. The van der Waals surface area contributed by atoms with E-state index in [0.717, 1.165) is 24.2 Å². The molecule has 1 aliphatic rings. The number of nitrogens with zero attached hydrogens (tertiary/aromatic N) is 7. The molecule has 2 aromatic rings. The number of aryl methyl sites for hydroxylation is 1. The third kappa shape index (κ3) is 5.11. The molecule has 30 heavy (non-hydrogen) atoms. The van der Waals surface area contributed by atoms with E-state index in [1.807, 2.05) is 4.90 Å². The van der Waals surface area contributed by atoms with Gasteiger partial charge in [0, 0.05) is 0 Å². The highest BCUT2D eigenvalue weighted by Gasteiger charge is 2.31. The SMILES string of the molecule is C=N/C=C(/OCC1CCN(C(CN=O)c2scnc2C(F)F)CC1)n1cnnc1C. The van der Waals surface area contributed by atoms with E-state index in [1.165, 1.54) is 11.7 Å². The van der Waals surface area contributed by atoms with E-state index in [-0.39, 0.29) is 18.2 Å². The van der Waals surface area contributed by atoms with Crippen LogP contribution in [0.2, 0.25) is 0 Å². The molecule has 0 aromatic carbocycles. The zero-order valence-corrected chi connectivity index (χ0v) is 17.3. The quantitative estimate of drug-likeness (QED) is 0.318. The molecule has 3 heterocycles. The molecule has 12 heteroatoms. The van der Waals surface area contributed by atoms with Crippen molar-refractivity contribution in [2.75, 3.05) is 26.2 Å². The summed E-state index contributed by atoms with van der Waals surface area (Å²) in [5.41, 5.74) is 1.14. The number of piperidine rings is 1. The minimum absolute atomic E-state index is 0.0755. The van der Waals surface area contributed by atoms with Crippen LogP contribution in [0.3, 0.4) is 0 Å². The Morgan fingerprint density at radius 1 is 1.47 bits per heavy atom. The molecule has 0 amide bonds. The van der Waals surface area contributed by atoms with Gasteiger partial charge >= 0.3 is 0 Å². The van der Waals surface area contributed by atoms with E-state index in [4.69, 9.17) is 4.74 Å². The molecule has 1 unspecified atom stereocenters. The average molecular weight is 439 g/mol. The molecule has 1 aliphatic heterocycles. The second kappa shape index (κ2) is 10.4. The molecular formula is C18H23F2N7O2S. The van der Waals surface area contributed by atoms with Crippen LogP contribution in [0.1, 0.15) is 41.7 Å². The van der Waals surface area contributed by atoms with Crippen molar-refractivity contribution in [1.82, 2.24) is 24.6 Å². The zero-order chi connectivity index (χ0) is 21.5. The van der Waals surface area contributed by atoms with Crippen molar-refractivity contribution in [3.63, 3.8) is 0 Å². The van der Waals surface area contributed by atoms with Crippen molar-refractivity contribution in [2.24, 2.45) is 16.1 Å². The van der Waals surface area contributed by atoms with E-state index in [1.54, 1.807) is 17.8 Å². The molecule has 1 atom stereocenters. The minimum Gasteiger partial charge on any atom is -0.477 e. The van der Waals surface area contributed by atoms with Crippen LogP contribution in [0, 0.1) is 17.7 Å². The Morgan fingerprint density at radius 3 is 2.83 bits per heavy atom. The molecular weight excluding hydrogens is 416 g/mol. The molecule has 3 rings (SSSR count). The van der Waals surface area contributed by atoms with Crippen LogP contribution in [0.25, 0.3) is 5.88 Å². The molecule has 9 nitrogen and oxygen atoms in total. The fraction of sp³-hybridized carbons (Fsp3) is 0.556. The maximum atomic E-state index is 13.2. The number of hydrogen-bond donors (Lipinski definition) is 0. The Hall–Kier alpha value is -2.60. The number of alkyl halides is 2. The van der Waals surface area contributed by atoms with E-state index in [0.29, 0.717) is 36.3 Å². The second-order valence-electron chi connectivity index (χ2n) is 6.92. The minimum atomic E-state index is -2.67. The van der Waals surface area contributed by atoms with Gasteiger partial charge in [-0.25, -0.2) is 13.8 Å². The predicted molar refractivity (Wildman–Crippen MR) is 109 cm³/mol. The van der Waals surface area contributed by atoms with Gasteiger partial charge in [-0.1, -0.05) is 5.18 Å². The lowest BCUT2D eigenvalue weighted by Crippen LogP contribution is -2.39. The standard InChI is InChI=1S/C18H23F2N7O2S/c1-12-25-23-10-27(12)15(8-21-2)29-9-13-3-5-26(6-4-13)14(7-24-28)17-16(18(19)20)22-11-30-17/h8,10-11,13-14,18H,2-7,9H2,1H3/b15-8+. The molecule has 0 radical (unpaired) electrons. The first-order valence-corrected chi connectivity index (χ1v) is 10.3. The Bertz CT molecular complexity index is 878. The molecule has 1 fully saturated rings. The number of hydrogen-bond acceptors (Lipinski definition) is 9. The predicted octanol–water partition coefficient (Wildman–Crippen LogP) is 3.67. The molecule has 0 spiro atoms. The number of aromatic nitrogens is 4. The summed E-state index contributed by atoms with van der Waals surface area (Å²) in [5.74, 6) is 1.43. The number of ether oxygens (including phenoxy) is 1. The number of aliphatic imine (C=N–C) groups is 1. The van der Waals surface area contributed by atoms with Crippen molar-refractivity contribution >= 4 is 23.9 Å². The van der Waals surface area contributed by atoms with Gasteiger partial charge in [-0.15, -0.1) is 21.5 Å². The van der Waals surface area contributed by atoms with E-state index < -0.39 is 12.5 Å². The summed E-state index contributed by atoms with van der Waals surface area (Å²) in [4.78, 5) is 20.9. The first kappa shape index (κ1) is 22.1. The van der Waals surface area contributed by atoms with E-state index in [9.17, 15) is 13.7 Å². The van der Waals surface area contributed by atoms with Gasteiger partial charge in [-0.3, -0.25) is 14.5 Å². The first-order chi connectivity index (χ1) is 14.5. The lowest BCUT2D eigenvalue weighted by atomic mass is 9.96. The maximum absolute atomic E-state index is 13.2. The van der Waals surface area contributed by atoms with E-state index in [2.05, 4.69) is 32.1 Å². The Balaban J connectivity index is 1.60. The van der Waals surface area contributed by atoms with Gasteiger partial charge in [0.05, 0.1) is 29.2 Å². The molecule has 0 aliphatic carbocycles. The van der Waals surface area contributed by atoms with Gasteiger partial charge in [0.15, 0.2) is 0 Å². The smallest absolute Gasteiger partial charge is 0.281 e.